The van der Waals surface area contributed by atoms with Crippen LogP contribution in [0.4, 0.5) is 4.79 Å². The highest BCUT2D eigenvalue weighted by Crippen LogP contribution is 2.20. The largest absolute Gasteiger partial charge is 0.481 e. The molecule has 0 aromatic rings. The van der Waals surface area contributed by atoms with Gasteiger partial charge in [0.25, 0.3) is 0 Å². The fourth-order valence-corrected chi connectivity index (χ4v) is 2.12. The van der Waals surface area contributed by atoms with E-state index in [4.69, 9.17) is 14.6 Å². The lowest BCUT2D eigenvalue weighted by Gasteiger charge is -2.32. The van der Waals surface area contributed by atoms with Gasteiger partial charge >= 0.3 is 12.0 Å². The number of likely N-dealkylation sites (N-methyl/N-ethyl adjacent to an activating group) is 2. The predicted molar refractivity (Wildman–Crippen MR) is 68.0 cm³/mol. The molecule has 7 nitrogen and oxygen atoms in total. The van der Waals surface area contributed by atoms with Crippen molar-refractivity contribution in [1.82, 2.24) is 9.80 Å². The summed E-state index contributed by atoms with van der Waals surface area (Å²) >= 11 is 0. The smallest absolute Gasteiger partial charge is 0.320 e. The quantitative estimate of drug-likeness (QED) is 0.743. The molecule has 1 saturated heterocycles. The first-order valence-corrected chi connectivity index (χ1v) is 6.34. The van der Waals surface area contributed by atoms with E-state index in [0.29, 0.717) is 19.7 Å². The van der Waals surface area contributed by atoms with E-state index in [2.05, 4.69) is 0 Å². The number of hydrogen-bond donors (Lipinski definition) is 1. The van der Waals surface area contributed by atoms with Crippen molar-refractivity contribution in [3.05, 3.63) is 0 Å². The first kappa shape index (κ1) is 15.7. The highest BCUT2D eigenvalue weighted by molar-refractivity contribution is 5.77. The Morgan fingerprint density at radius 1 is 1.42 bits per heavy atom. The van der Waals surface area contributed by atoms with Crippen LogP contribution in [0, 0.1) is 5.92 Å². The van der Waals surface area contributed by atoms with E-state index < -0.39 is 17.9 Å². The highest BCUT2D eigenvalue weighted by Gasteiger charge is 2.39. The monoisotopic (exact) mass is 274 g/mol. The van der Waals surface area contributed by atoms with E-state index in [0.717, 1.165) is 0 Å². The number of ether oxygens (including phenoxy) is 2. The third-order valence-corrected chi connectivity index (χ3v) is 3.38. The van der Waals surface area contributed by atoms with Crippen molar-refractivity contribution < 1.29 is 24.2 Å². The Balaban J connectivity index is 2.66. The second kappa shape index (κ2) is 7.30. The molecular formula is C12H22N2O5. The van der Waals surface area contributed by atoms with Gasteiger partial charge in [-0.05, 0) is 6.92 Å². The van der Waals surface area contributed by atoms with Crippen molar-refractivity contribution in [2.45, 2.75) is 13.0 Å². The molecule has 2 amide bonds. The summed E-state index contributed by atoms with van der Waals surface area (Å²) in [7, 11) is 3.19. The van der Waals surface area contributed by atoms with Crippen molar-refractivity contribution in [2.75, 3.05) is 47.1 Å². The van der Waals surface area contributed by atoms with Crippen LogP contribution in [0.1, 0.15) is 6.92 Å². The molecule has 19 heavy (non-hydrogen) atoms. The van der Waals surface area contributed by atoms with Crippen molar-refractivity contribution in [3.63, 3.8) is 0 Å². The Bertz CT molecular complexity index is 323. The number of carboxylic acid groups (broad SMARTS) is 1. The number of nitrogens with zero attached hydrogens (tertiary/aromatic N) is 2. The number of amides is 2. The Kier molecular flexibility index (Phi) is 6.04. The standard InChI is InChI=1S/C12H22N2O5/c1-4-14(5-6-18-3)12(17)13(2)10-8-19-7-9(10)11(15)16/h9-10H,4-8H2,1-3H3,(H,15,16). The molecule has 0 bridgehead atoms. The van der Waals surface area contributed by atoms with Gasteiger partial charge in [-0.15, -0.1) is 0 Å². The lowest BCUT2D eigenvalue weighted by atomic mass is 10.0. The molecule has 2 atom stereocenters. The molecule has 0 spiro atoms. The van der Waals surface area contributed by atoms with Crippen LogP contribution in [0.25, 0.3) is 0 Å². The van der Waals surface area contributed by atoms with Crippen LogP contribution in [-0.4, -0.2) is 80.0 Å². The lowest BCUT2D eigenvalue weighted by Crippen LogP contribution is -2.50. The number of carbonyl (C=O) groups excluding carboxylic acids is 1. The van der Waals surface area contributed by atoms with E-state index in [1.54, 1.807) is 19.1 Å². The fourth-order valence-electron chi connectivity index (χ4n) is 2.12. The van der Waals surface area contributed by atoms with Crippen molar-refractivity contribution in [3.8, 4) is 0 Å². The maximum atomic E-state index is 12.3. The molecule has 2 unspecified atom stereocenters. The van der Waals surface area contributed by atoms with Gasteiger partial charge in [-0.3, -0.25) is 4.79 Å². The van der Waals surface area contributed by atoms with Crippen LogP contribution in [-0.2, 0) is 14.3 Å². The Hall–Kier alpha value is -1.34. The summed E-state index contributed by atoms with van der Waals surface area (Å²) in [5, 5.41) is 9.10. The van der Waals surface area contributed by atoms with Crippen LogP contribution in [0.5, 0.6) is 0 Å². The zero-order valence-electron chi connectivity index (χ0n) is 11.7. The Labute approximate surface area is 113 Å². The molecule has 7 heteroatoms. The minimum atomic E-state index is -0.929. The van der Waals surface area contributed by atoms with Gasteiger partial charge in [-0.1, -0.05) is 0 Å². The highest BCUT2D eigenvalue weighted by atomic mass is 16.5. The normalized spacial score (nSPS) is 22.3. The number of carbonyl (C=O) groups is 2. The van der Waals surface area contributed by atoms with Crippen molar-refractivity contribution in [1.29, 1.82) is 0 Å². The molecule has 0 radical (unpaired) electrons. The molecule has 0 saturated carbocycles. The first-order valence-electron chi connectivity index (χ1n) is 6.34. The van der Waals surface area contributed by atoms with Gasteiger partial charge in [-0.25, -0.2) is 4.79 Å². The van der Waals surface area contributed by atoms with E-state index in [1.165, 1.54) is 4.90 Å². The van der Waals surface area contributed by atoms with E-state index in [9.17, 15) is 9.59 Å². The van der Waals surface area contributed by atoms with Crippen LogP contribution < -0.4 is 0 Å². The van der Waals surface area contributed by atoms with Gasteiger partial charge < -0.3 is 24.4 Å². The topological polar surface area (TPSA) is 79.3 Å². The third kappa shape index (κ3) is 3.81. The van der Waals surface area contributed by atoms with Crippen LogP contribution in [0.3, 0.4) is 0 Å². The van der Waals surface area contributed by atoms with Gasteiger partial charge in [0.15, 0.2) is 0 Å². The average molecular weight is 274 g/mol. The zero-order valence-corrected chi connectivity index (χ0v) is 11.7. The molecule has 110 valence electrons. The fraction of sp³-hybridized carbons (Fsp3) is 0.833. The van der Waals surface area contributed by atoms with Gasteiger partial charge in [0.05, 0.1) is 25.9 Å². The molecule has 1 aliphatic rings. The van der Waals surface area contributed by atoms with E-state index >= 15 is 0 Å². The lowest BCUT2D eigenvalue weighted by molar-refractivity contribution is -0.142. The second-order valence-corrected chi connectivity index (χ2v) is 4.52. The number of rotatable bonds is 6. The summed E-state index contributed by atoms with van der Waals surface area (Å²) in [6.45, 7) is 3.79. The molecule has 1 heterocycles. The molecule has 0 aromatic heterocycles. The average Bonchev–Trinajstić information content (AvgIpc) is 2.87. The number of carboxylic acids is 1. The number of methoxy groups -OCH3 is 1. The van der Waals surface area contributed by atoms with E-state index in [1.807, 2.05) is 6.92 Å². The summed E-state index contributed by atoms with van der Waals surface area (Å²) in [6, 6.07) is -0.608. The maximum absolute atomic E-state index is 12.3. The summed E-state index contributed by atoms with van der Waals surface area (Å²) in [5.41, 5.74) is 0. The molecule has 1 aliphatic heterocycles. The minimum Gasteiger partial charge on any atom is -0.481 e. The number of aliphatic carboxylic acids is 1. The zero-order chi connectivity index (χ0) is 14.4. The van der Waals surface area contributed by atoms with Gasteiger partial charge in [-0.2, -0.15) is 0 Å². The maximum Gasteiger partial charge on any atom is 0.320 e. The van der Waals surface area contributed by atoms with Crippen LogP contribution >= 0.6 is 0 Å². The second-order valence-electron chi connectivity index (χ2n) is 4.52. The summed E-state index contributed by atoms with van der Waals surface area (Å²) in [5.74, 6) is -1.59. The van der Waals surface area contributed by atoms with Gasteiger partial charge in [0, 0.05) is 27.2 Å². The SMILES string of the molecule is CCN(CCOC)C(=O)N(C)C1COCC1C(=O)O. The van der Waals surface area contributed by atoms with Gasteiger partial charge in [0.1, 0.15) is 5.92 Å². The third-order valence-electron chi connectivity index (χ3n) is 3.38. The van der Waals surface area contributed by atoms with Crippen LogP contribution in [0.15, 0.2) is 0 Å². The molecule has 0 aromatic carbocycles. The predicted octanol–water partition coefficient (Wildman–Crippen LogP) is 0.106. The molecule has 1 rings (SSSR count). The molecule has 0 aliphatic carbocycles. The molecule has 1 fully saturated rings. The number of hydrogen-bond acceptors (Lipinski definition) is 4. The van der Waals surface area contributed by atoms with Gasteiger partial charge in [0.2, 0.25) is 0 Å². The Morgan fingerprint density at radius 2 is 2.11 bits per heavy atom. The summed E-state index contributed by atoms with van der Waals surface area (Å²) < 4.78 is 10.1. The minimum absolute atomic E-state index is 0.155. The molecular weight excluding hydrogens is 252 g/mol. The van der Waals surface area contributed by atoms with Crippen LogP contribution in [0.2, 0.25) is 0 Å². The van der Waals surface area contributed by atoms with Crippen molar-refractivity contribution in [2.24, 2.45) is 5.92 Å². The number of urea groups is 1. The Morgan fingerprint density at radius 3 is 2.63 bits per heavy atom. The van der Waals surface area contributed by atoms with E-state index in [-0.39, 0.29) is 19.2 Å². The first-order chi connectivity index (χ1) is 9.02. The molecule has 1 N–H and O–H groups in total. The van der Waals surface area contributed by atoms with Crippen molar-refractivity contribution >= 4 is 12.0 Å². The summed E-state index contributed by atoms with van der Waals surface area (Å²) in [6.07, 6.45) is 0. The summed E-state index contributed by atoms with van der Waals surface area (Å²) in [4.78, 5) is 26.5.